The first kappa shape index (κ1) is 13.9. The Kier molecular flexibility index (Phi) is 3.88. The highest BCUT2D eigenvalue weighted by Crippen LogP contribution is 2.18. The lowest BCUT2D eigenvalue weighted by atomic mass is 10.1. The van der Waals surface area contributed by atoms with Crippen molar-refractivity contribution in [1.82, 2.24) is 10.2 Å². The summed E-state index contributed by atoms with van der Waals surface area (Å²) in [6.45, 7) is 1.84. The molecule has 20 heavy (non-hydrogen) atoms. The van der Waals surface area contributed by atoms with Crippen LogP contribution in [0.5, 0.6) is 5.75 Å². The number of phenolic OH excluding ortho intramolecular Hbond substituents is 1. The van der Waals surface area contributed by atoms with Crippen LogP contribution in [0.25, 0.3) is 0 Å². The summed E-state index contributed by atoms with van der Waals surface area (Å²) in [4.78, 5) is 35.6. The van der Waals surface area contributed by atoms with E-state index in [1.165, 1.54) is 12.1 Å². The van der Waals surface area contributed by atoms with Gasteiger partial charge in [-0.3, -0.25) is 9.69 Å². The molecule has 1 heterocycles. The summed E-state index contributed by atoms with van der Waals surface area (Å²) in [6, 6.07) is 3.84. The van der Waals surface area contributed by atoms with E-state index in [1.807, 2.05) is 0 Å². The summed E-state index contributed by atoms with van der Waals surface area (Å²) in [7, 11) is 0. The molecule has 0 radical (unpaired) electrons. The molecule has 0 aromatic heterocycles. The molecule has 0 saturated carbocycles. The van der Waals surface area contributed by atoms with Gasteiger partial charge in [-0.25, -0.2) is 9.59 Å². The first-order valence-electron chi connectivity index (χ1n) is 6.04. The van der Waals surface area contributed by atoms with Gasteiger partial charge in [0, 0.05) is 13.1 Å². The van der Waals surface area contributed by atoms with Crippen molar-refractivity contribution >= 4 is 17.9 Å². The van der Waals surface area contributed by atoms with Crippen molar-refractivity contribution in [2.45, 2.75) is 6.92 Å². The summed E-state index contributed by atoms with van der Waals surface area (Å²) < 4.78 is 4.82. The van der Waals surface area contributed by atoms with Crippen molar-refractivity contribution in [1.29, 1.82) is 0 Å². The van der Waals surface area contributed by atoms with Crippen molar-refractivity contribution in [3.63, 3.8) is 0 Å². The molecule has 0 unspecified atom stereocenters. The number of hydrogen-bond donors (Lipinski definition) is 2. The van der Waals surface area contributed by atoms with Gasteiger partial charge in [0.25, 0.3) is 5.91 Å². The number of amides is 3. The number of benzene rings is 1. The van der Waals surface area contributed by atoms with E-state index in [9.17, 15) is 19.5 Å². The minimum Gasteiger partial charge on any atom is -0.508 e. The van der Waals surface area contributed by atoms with Crippen LogP contribution in [0.2, 0.25) is 0 Å². The predicted octanol–water partition coefficient (Wildman–Crippen LogP) is 0.409. The van der Waals surface area contributed by atoms with E-state index in [0.29, 0.717) is 12.1 Å². The van der Waals surface area contributed by atoms with E-state index in [4.69, 9.17) is 4.74 Å². The zero-order valence-electron chi connectivity index (χ0n) is 10.9. The number of nitrogens with one attached hydrogen (secondary N) is 1. The van der Waals surface area contributed by atoms with Gasteiger partial charge in [-0.1, -0.05) is 6.07 Å². The predicted molar refractivity (Wildman–Crippen MR) is 68.2 cm³/mol. The molecule has 1 fully saturated rings. The average molecular weight is 278 g/mol. The lowest BCUT2D eigenvalue weighted by Gasteiger charge is -2.12. The number of esters is 1. The highest BCUT2D eigenvalue weighted by molar-refractivity contribution is 5.98. The SMILES string of the molecule is Cc1ccc(C(=O)OCC(=O)N2CCNC2=O)cc1O. The molecule has 1 saturated heterocycles. The van der Waals surface area contributed by atoms with Crippen LogP contribution in [-0.4, -0.2) is 47.6 Å². The number of nitrogens with zero attached hydrogens (tertiary/aromatic N) is 1. The monoisotopic (exact) mass is 278 g/mol. The van der Waals surface area contributed by atoms with E-state index < -0.39 is 24.5 Å². The number of ether oxygens (including phenoxy) is 1. The van der Waals surface area contributed by atoms with Gasteiger partial charge in [-0.15, -0.1) is 0 Å². The molecule has 1 aliphatic rings. The molecule has 1 aliphatic heterocycles. The standard InChI is InChI=1S/C13H14N2O5/c1-8-2-3-9(6-10(8)16)12(18)20-7-11(17)15-5-4-14-13(15)19/h2-3,6,16H,4-5,7H2,1H3,(H,14,19). The second-order valence-electron chi connectivity index (χ2n) is 4.35. The fraction of sp³-hybridized carbons (Fsp3) is 0.308. The number of hydrogen-bond acceptors (Lipinski definition) is 5. The molecule has 0 aliphatic carbocycles. The van der Waals surface area contributed by atoms with Crippen LogP contribution in [0.15, 0.2) is 18.2 Å². The Balaban J connectivity index is 1.93. The Hall–Kier alpha value is -2.57. The maximum atomic E-state index is 11.7. The van der Waals surface area contributed by atoms with Gasteiger partial charge in [0.2, 0.25) is 0 Å². The summed E-state index contributed by atoms with van der Waals surface area (Å²) >= 11 is 0. The minimum atomic E-state index is -0.728. The van der Waals surface area contributed by atoms with Crippen LogP contribution in [0, 0.1) is 6.92 Å². The molecule has 7 heteroatoms. The number of urea groups is 1. The van der Waals surface area contributed by atoms with Crippen LogP contribution in [0.3, 0.4) is 0 Å². The number of phenols is 1. The third-order valence-corrected chi connectivity index (χ3v) is 2.93. The number of aromatic hydroxyl groups is 1. The fourth-order valence-electron chi connectivity index (χ4n) is 1.73. The number of carbonyl (C=O) groups is 3. The maximum absolute atomic E-state index is 11.7. The number of carbonyl (C=O) groups excluding carboxylic acids is 3. The Labute approximate surface area is 115 Å². The minimum absolute atomic E-state index is 0.0234. The van der Waals surface area contributed by atoms with Crippen molar-refractivity contribution in [3.8, 4) is 5.75 Å². The van der Waals surface area contributed by atoms with Gasteiger partial charge in [0.1, 0.15) is 5.75 Å². The Bertz CT molecular complexity index is 570. The van der Waals surface area contributed by atoms with E-state index in [0.717, 1.165) is 4.90 Å². The van der Waals surface area contributed by atoms with Crippen LogP contribution in [0.1, 0.15) is 15.9 Å². The van der Waals surface area contributed by atoms with Gasteiger partial charge in [0.05, 0.1) is 5.56 Å². The summed E-state index contributed by atoms with van der Waals surface area (Å²) in [6.07, 6.45) is 0. The lowest BCUT2D eigenvalue weighted by Crippen LogP contribution is -2.37. The van der Waals surface area contributed by atoms with E-state index >= 15 is 0 Å². The highest BCUT2D eigenvalue weighted by atomic mass is 16.5. The molecule has 2 rings (SSSR count). The van der Waals surface area contributed by atoms with E-state index in [-0.39, 0.29) is 17.9 Å². The first-order chi connectivity index (χ1) is 9.49. The van der Waals surface area contributed by atoms with Gasteiger partial charge < -0.3 is 15.2 Å². The molecule has 0 atom stereocenters. The molecule has 106 valence electrons. The zero-order valence-corrected chi connectivity index (χ0v) is 10.9. The molecule has 2 N–H and O–H groups in total. The van der Waals surface area contributed by atoms with E-state index in [2.05, 4.69) is 5.32 Å². The molecule has 7 nitrogen and oxygen atoms in total. The summed E-state index contributed by atoms with van der Waals surface area (Å²) in [5, 5.41) is 12.0. The molecular weight excluding hydrogens is 264 g/mol. The van der Waals surface area contributed by atoms with Crippen molar-refractivity contribution < 1.29 is 24.2 Å². The van der Waals surface area contributed by atoms with Gasteiger partial charge in [-0.05, 0) is 24.6 Å². The zero-order chi connectivity index (χ0) is 14.7. The molecule has 3 amide bonds. The van der Waals surface area contributed by atoms with Crippen molar-refractivity contribution in [3.05, 3.63) is 29.3 Å². The summed E-state index contributed by atoms with van der Waals surface area (Å²) in [5.41, 5.74) is 0.776. The fourth-order valence-corrected chi connectivity index (χ4v) is 1.73. The molecule has 0 spiro atoms. The topological polar surface area (TPSA) is 95.9 Å². The van der Waals surface area contributed by atoms with Crippen LogP contribution < -0.4 is 5.32 Å². The first-order valence-corrected chi connectivity index (χ1v) is 6.04. The van der Waals surface area contributed by atoms with Gasteiger partial charge in [-0.2, -0.15) is 0 Å². The van der Waals surface area contributed by atoms with Crippen LogP contribution in [0.4, 0.5) is 4.79 Å². The molecule has 0 bridgehead atoms. The van der Waals surface area contributed by atoms with Crippen LogP contribution in [-0.2, 0) is 9.53 Å². The lowest BCUT2D eigenvalue weighted by molar-refractivity contribution is -0.130. The third-order valence-electron chi connectivity index (χ3n) is 2.93. The third kappa shape index (κ3) is 2.87. The molecular formula is C13H14N2O5. The Morgan fingerprint density at radius 3 is 2.80 bits per heavy atom. The smallest absolute Gasteiger partial charge is 0.338 e. The van der Waals surface area contributed by atoms with Crippen LogP contribution >= 0.6 is 0 Å². The molecule has 1 aromatic carbocycles. The average Bonchev–Trinajstić information content (AvgIpc) is 2.85. The van der Waals surface area contributed by atoms with Crippen molar-refractivity contribution in [2.24, 2.45) is 0 Å². The molecule has 1 aromatic rings. The highest BCUT2D eigenvalue weighted by Gasteiger charge is 2.26. The van der Waals surface area contributed by atoms with Crippen molar-refractivity contribution in [2.75, 3.05) is 19.7 Å². The van der Waals surface area contributed by atoms with Gasteiger partial charge in [0.15, 0.2) is 6.61 Å². The normalized spacial score (nSPS) is 14.1. The Morgan fingerprint density at radius 2 is 2.20 bits per heavy atom. The number of rotatable bonds is 3. The quantitative estimate of drug-likeness (QED) is 0.781. The summed E-state index contributed by atoms with van der Waals surface area (Å²) in [5.74, 6) is -1.33. The second kappa shape index (κ2) is 5.60. The number of aryl methyl sites for hydroxylation is 1. The van der Waals surface area contributed by atoms with Gasteiger partial charge >= 0.3 is 12.0 Å². The number of imide groups is 1. The Morgan fingerprint density at radius 1 is 1.45 bits per heavy atom. The second-order valence-corrected chi connectivity index (χ2v) is 4.35. The largest absolute Gasteiger partial charge is 0.508 e. The maximum Gasteiger partial charge on any atom is 0.338 e. The van der Waals surface area contributed by atoms with E-state index in [1.54, 1.807) is 13.0 Å².